The Labute approximate surface area is 121 Å². The zero-order valence-corrected chi connectivity index (χ0v) is 16.2. The molecule has 108 valence electrons. The molecule has 1 aliphatic carbocycles. The number of hydrogen-bond acceptors (Lipinski definition) is 1. The van der Waals surface area contributed by atoms with E-state index in [2.05, 4.69) is 46.7 Å². The van der Waals surface area contributed by atoms with E-state index in [1.165, 1.54) is 32.1 Å². The van der Waals surface area contributed by atoms with Crippen LogP contribution in [0.5, 0.6) is 0 Å². The topological polar surface area (TPSA) is 30.0 Å². The summed E-state index contributed by atoms with van der Waals surface area (Å²) < 4.78 is 0. The minimum absolute atomic E-state index is 0. The third-order valence-corrected chi connectivity index (χ3v) is 5.38. The SMILES string of the molecule is C[P+](C)(C)C.C[P+](C)(C)C1CCCCC1.[Br-].[OH-]. The molecule has 0 unspecified atom stereocenters. The minimum atomic E-state index is -0.491. The second-order valence-electron chi connectivity index (χ2n) is 7.09. The molecule has 1 N–H and O–H groups in total. The predicted molar refractivity (Wildman–Crippen MR) is 84.1 cm³/mol. The Hall–Kier alpha value is 1.30. The van der Waals surface area contributed by atoms with Crippen LogP contribution in [0.2, 0.25) is 0 Å². The summed E-state index contributed by atoms with van der Waals surface area (Å²) in [7, 11) is -0.880. The first kappa shape index (κ1) is 23.4. The summed E-state index contributed by atoms with van der Waals surface area (Å²) in [5.74, 6) is 0. The summed E-state index contributed by atoms with van der Waals surface area (Å²) in [5, 5.41) is 0. The van der Waals surface area contributed by atoms with Gasteiger partial charge in [0.15, 0.2) is 0 Å². The van der Waals surface area contributed by atoms with Crippen molar-refractivity contribution in [2.75, 3.05) is 46.7 Å². The van der Waals surface area contributed by atoms with Gasteiger partial charge in [0.2, 0.25) is 0 Å². The van der Waals surface area contributed by atoms with Crippen molar-refractivity contribution in [2.24, 2.45) is 0 Å². The molecule has 0 spiro atoms. The number of hydrogen-bond donors (Lipinski definition) is 0. The van der Waals surface area contributed by atoms with Gasteiger partial charge in [0.1, 0.15) is 0 Å². The van der Waals surface area contributed by atoms with E-state index in [0.29, 0.717) is 0 Å². The molecule has 0 bridgehead atoms. The first-order chi connectivity index (χ1) is 6.61. The van der Waals surface area contributed by atoms with E-state index in [-0.39, 0.29) is 29.7 Å². The van der Waals surface area contributed by atoms with Crippen molar-refractivity contribution >= 4 is 14.5 Å². The highest BCUT2D eigenvalue weighted by Gasteiger charge is 2.31. The molecule has 0 heterocycles. The largest absolute Gasteiger partial charge is 1.00 e. The predicted octanol–water partition coefficient (Wildman–Crippen LogP) is 1.58. The highest BCUT2D eigenvalue weighted by Crippen LogP contribution is 2.56. The maximum Gasteiger partial charge on any atom is 0.0689 e. The van der Waals surface area contributed by atoms with E-state index in [4.69, 9.17) is 0 Å². The van der Waals surface area contributed by atoms with Crippen molar-refractivity contribution < 1.29 is 22.5 Å². The van der Waals surface area contributed by atoms with Gasteiger partial charge < -0.3 is 22.5 Å². The average molecular weight is 347 g/mol. The molecule has 1 rings (SSSR count). The molecule has 1 fully saturated rings. The van der Waals surface area contributed by atoms with Gasteiger partial charge in [-0.25, -0.2) is 0 Å². The second kappa shape index (κ2) is 10.1. The lowest BCUT2D eigenvalue weighted by molar-refractivity contribution is -0.00000511. The standard InChI is InChI=1S/C9H20P.C4H12P.BrH.H2O/c1-10(2,3)9-7-5-4-6-8-9;1-5(2,3)4;;/h9H,4-8H2,1-3H3;1-4H3;1H;1H2/q2*+1;;/p-2. The molecular weight excluding hydrogens is 314 g/mol. The van der Waals surface area contributed by atoms with Gasteiger partial charge in [-0.1, -0.05) is 6.42 Å². The van der Waals surface area contributed by atoms with Gasteiger partial charge in [0.05, 0.1) is 5.66 Å². The summed E-state index contributed by atoms with van der Waals surface area (Å²) in [6, 6.07) is 0. The van der Waals surface area contributed by atoms with Crippen LogP contribution in [0.15, 0.2) is 0 Å². The molecule has 0 aromatic rings. The molecule has 0 radical (unpaired) electrons. The molecule has 0 aliphatic heterocycles. The van der Waals surface area contributed by atoms with Crippen LogP contribution in [-0.4, -0.2) is 57.8 Å². The molecule has 0 atom stereocenters. The fourth-order valence-electron chi connectivity index (χ4n) is 1.86. The Morgan fingerprint density at radius 3 is 1.18 bits per heavy atom. The Kier molecular flexibility index (Phi) is 13.9. The third-order valence-electron chi connectivity index (χ3n) is 2.67. The van der Waals surface area contributed by atoms with Crippen molar-refractivity contribution in [3.8, 4) is 0 Å². The van der Waals surface area contributed by atoms with Crippen molar-refractivity contribution in [3.05, 3.63) is 0 Å². The van der Waals surface area contributed by atoms with Crippen LogP contribution >= 0.6 is 14.5 Å². The summed E-state index contributed by atoms with van der Waals surface area (Å²) in [5.41, 5.74) is 1.11. The lowest BCUT2D eigenvalue weighted by Crippen LogP contribution is -3.00. The van der Waals surface area contributed by atoms with Crippen LogP contribution in [0.3, 0.4) is 0 Å². The van der Waals surface area contributed by atoms with Crippen LogP contribution < -0.4 is 17.0 Å². The average Bonchev–Trinajstić information content (AvgIpc) is 2.01. The van der Waals surface area contributed by atoms with Crippen LogP contribution in [0.4, 0.5) is 0 Å². The fraction of sp³-hybridized carbons (Fsp3) is 1.00. The molecule has 4 heteroatoms. The zero-order chi connectivity index (χ0) is 12.1. The second-order valence-corrected chi connectivity index (χ2v) is 17.4. The van der Waals surface area contributed by atoms with Gasteiger partial charge in [-0.3, -0.25) is 0 Å². The molecule has 1 aliphatic rings. The Morgan fingerprint density at radius 1 is 0.706 bits per heavy atom. The van der Waals surface area contributed by atoms with E-state index in [0.717, 1.165) is 5.66 Å². The van der Waals surface area contributed by atoms with Crippen molar-refractivity contribution in [2.45, 2.75) is 37.8 Å². The van der Waals surface area contributed by atoms with Crippen LogP contribution in [0.1, 0.15) is 32.1 Å². The zero-order valence-electron chi connectivity index (χ0n) is 12.8. The minimum Gasteiger partial charge on any atom is -1.00 e. The van der Waals surface area contributed by atoms with Crippen LogP contribution in [-0.2, 0) is 0 Å². The van der Waals surface area contributed by atoms with Gasteiger partial charge in [-0.2, -0.15) is 0 Å². The molecule has 1 nitrogen and oxygen atoms in total. The van der Waals surface area contributed by atoms with Gasteiger partial charge >= 0.3 is 0 Å². The van der Waals surface area contributed by atoms with Gasteiger partial charge in [-0.15, -0.1) is 0 Å². The van der Waals surface area contributed by atoms with Gasteiger partial charge in [-0.05, 0) is 25.7 Å². The van der Waals surface area contributed by atoms with Crippen molar-refractivity contribution in [1.82, 2.24) is 0 Å². The molecule has 1 saturated carbocycles. The highest BCUT2D eigenvalue weighted by molar-refractivity contribution is 7.74. The van der Waals surface area contributed by atoms with E-state index in [1.54, 1.807) is 0 Å². The number of rotatable bonds is 1. The number of halogens is 1. The van der Waals surface area contributed by atoms with Gasteiger partial charge in [0.25, 0.3) is 0 Å². The van der Waals surface area contributed by atoms with Crippen molar-refractivity contribution in [3.63, 3.8) is 0 Å². The normalized spacial score (nSPS) is 17.1. The third kappa shape index (κ3) is 17.3. The summed E-state index contributed by atoms with van der Waals surface area (Å²) in [4.78, 5) is 0. The lowest BCUT2D eigenvalue weighted by Gasteiger charge is -2.27. The lowest BCUT2D eigenvalue weighted by atomic mass is 10.0. The molecule has 0 amide bonds. The van der Waals surface area contributed by atoms with Crippen molar-refractivity contribution in [1.29, 1.82) is 0 Å². The molecule has 0 aromatic carbocycles. The Balaban J connectivity index is -0.000000247. The van der Waals surface area contributed by atoms with E-state index < -0.39 is 7.26 Å². The first-order valence-corrected chi connectivity index (χ1v) is 13.0. The monoisotopic (exact) mass is 346 g/mol. The van der Waals surface area contributed by atoms with Crippen LogP contribution in [0, 0.1) is 0 Å². The van der Waals surface area contributed by atoms with Gasteiger partial charge in [0, 0.05) is 61.2 Å². The smallest absolute Gasteiger partial charge is 0.0689 e. The summed E-state index contributed by atoms with van der Waals surface area (Å²) >= 11 is 0. The molecule has 0 saturated heterocycles. The maximum atomic E-state index is 2.49. The molecule has 0 aromatic heterocycles. The first-order valence-electron chi connectivity index (χ1n) is 6.21. The quantitative estimate of drug-likeness (QED) is 0.663. The highest BCUT2D eigenvalue weighted by atomic mass is 79.9. The molecular formula is C13H33BrOP2. The fourth-order valence-corrected chi connectivity index (χ4v) is 3.77. The van der Waals surface area contributed by atoms with E-state index in [1.807, 2.05) is 0 Å². The van der Waals surface area contributed by atoms with E-state index in [9.17, 15) is 0 Å². The summed E-state index contributed by atoms with van der Waals surface area (Å²) in [6.07, 6.45) is 7.55. The maximum absolute atomic E-state index is 2.49. The van der Waals surface area contributed by atoms with Crippen LogP contribution in [0.25, 0.3) is 0 Å². The summed E-state index contributed by atoms with van der Waals surface area (Å²) in [6.45, 7) is 16.7. The van der Waals surface area contributed by atoms with E-state index >= 15 is 0 Å². The molecule has 17 heavy (non-hydrogen) atoms. The Bertz CT molecular complexity index is 161. The Morgan fingerprint density at radius 2 is 1.00 bits per heavy atom.